The molecule has 0 fully saturated rings. The van der Waals surface area contributed by atoms with Crippen molar-refractivity contribution in [3.05, 3.63) is 57.5 Å². The highest BCUT2D eigenvalue weighted by Gasteiger charge is 2.16. The number of benzene rings is 3. The average Bonchev–Trinajstić information content (AvgIpc) is 2.98. The first kappa shape index (κ1) is 18.4. The lowest BCUT2D eigenvalue weighted by Crippen LogP contribution is -1.94. The molecule has 3 aromatic carbocycles. The number of hydrogen-bond donors (Lipinski definition) is 0. The molecule has 1 aromatic heterocycles. The number of aromatic nitrogens is 1. The van der Waals surface area contributed by atoms with Gasteiger partial charge in [0, 0.05) is 54.5 Å². The molecule has 0 bridgehead atoms. The Morgan fingerprint density at radius 1 is 0.815 bits per heavy atom. The summed E-state index contributed by atoms with van der Waals surface area (Å²) < 4.78 is 15.4. The molecule has 0 unspecified atom stereocenters. The van der Waals surface area contributed by atoms with Crippen LogP contribution in [-0.4, -0.2) is 18.8 Å². The standard InChI is InChI=1S/C22H19Br2NO2/c1-4-25-20-8-5-13(23)9-17(20)18-11-19(24)16(12-21(18)25)15-7-6-14(26-2)10-22(15)27-3/h5-12H,4H2,1-3H3. The van der Waals surface area contributed by atoms with Gasteiger partial charge < -0.3 is 14.0 Å². The third kappa shape index (κ3) is 3.03. The second kappa shape index (κ2) is 7.21. The molecule has 5 heteroatoms. The van der Waals surface area contributed by atoms with Crippen LogP contribution in [0.2, 0.25) is 0 Å². The van der Waals surface area contributed by atoms with Crippen molar-refractivity contribution in [3.8, 4) is 22.6 Å². The monoisotopic (exact) mass is 487 g/mol. The van der Waals surface area contributed by atoms with Gasteiger partial charge in [-0.05, 0) is 49.4 Å². The van der Waals surface area contributed by atoms with E-state index in [4.69, 9.17) is 9.47 Å². The van der Waals surface area contributed by atoms with Gasteiger partial charge in [0.25, 0.3) is 0 Å². The number of nitrogens with zero attached hydrogens (tertiary/aromatic N) is 1. The van der Waals surface area contributed by atoms with Crippen molar-refractivity contribution in [3.63, 3.8) is 0 Å². The molecule has 0 saturated heterocycles. The van der Waals surface area contributed by atoms with Gasteiger partial charge in [0.1, 0.15) is 11.5 Å². The SMILES string of the molecule is CCn1c2ccc(Br)cc2c2cc(Br)c(-c3ccc(OC)cc3OC)cc21. The second-order valence-corrected chi connectivity index (χ2v) is 8.09. The fraction of sp³-hybridized carbons (Fsp3) is 0.182. The van der Waals surface area contributed by atoms with Crippen LogP contribution in [0.3, 0.4) is 0 Å². The van der Waals surface area contributed by atoms with Crippen molar-refractivity contribution >= 4 is 53.7 Å². The zero-order chi connectivity index (χ0) is 19.1. The van der Waals surface area contributed by atoms with Crippen LogP contribution in [0, 0.1) is 0 Å². The van der Waals surface area contributed by atoms with Crippen molar-refractivity contribution in [1.82, 2.24) is 4.57 Å². The Morgan fingerprint density at radius 3 is 2.30 bits per heavy atom. The molecule has 0 N–H and O–H groups in total. The molecule has 0 radical (unpaired) electrons. The van der Waals surface area contributed by atoms with Crippen LogP contribution in [0.5, 0.6) is 11.5 Å². The minimum absolute atomic E-state index is 0.778. The summed E-state index contributed by atoms with van der Waals surface area (Å²) in [5.41, 5.74) is 4.57. The van der Waals surface area contributed by atoms with E-state index < -0.39 is 0 Å². The highest BCUT2D eigenvalue weighted by atomic mass is 79.9. The lowest BCUT2D eigenvalue weighted by atomic mass is 10.0. The number of rotatable bonds is 4. The fourth-order valence-electron chi connectivity index (χ4n) is 3.66. The molecular formula is C22H19Br2NO2. The first-order chi connectivity index (χ1) is 13.1. The quantitative estimate of drug-likeness (QED) is 0.308. The van der Waals surface area contributed by atoms with E-state index in [1.807, 2.05) is 18.2 Å². The van der Waals surface area contributed by atoms with Gasteiger partial charge in [-0.25, -0.2) is 0 Å². The van der Waals surface area contributed by atoms with Crippen LogP contribution in [0.25, 0.3) is 32.9 Å². The fourth-order valence-corrected chi connectivity index (χ4v) is 4.58. The third-order valence-corrected chi connectivity index (χ3v) is 6.08. The Balaban J connectivity index is 2.04. The number of aryl methyl sites for hydroxylation is 1. The van der Waals surface area contributed by atoms with Gasteiger partial charge in [0.05, 0.1) is 14.2 Å². The third-order valence-electron chi connectivity index (χ3n) is 4.93. The largest absolute Gasteiger partial charge is 0.497 e. The Kier molecular flexibility index (Phi) is 4.91. The maximum absolute atomic E-state index is 5.63. The van der Waals surface area contributed by atoms with Gasteiger partial charge in [0.2, 0.25) is 0 Å². The van der Waals surface area contributed by atoms with Crippen LogP contribution in [-0.2, 0) is 6.54 Å². The van der Waals surface area contributed by atoms with Gasteiger partial charge in [-0.2, -0.15) is 0 Å². The summed E-state index contributed by atoms with van der Waals surface area (Å²) in [6, 6.07) is 16.8. The van der Waals surface area contributed by atoms with Crippen LogP contribution in [0.15, 0.2) is 57.5 Å². The molecule has 0 saturated carbocycles. The summed E-state index contributed by atoms with van der Waals surface area (Å²) >= 11 is 7.38. The molecule has 4 rings (SSSR count). The molecule has 0 amide bonds. The van der Waals surface area contributed by atoms with Crippen LogP contribution in [0.1, 0.15) is 6.92 Å². The molecule has 1 heterocycles. The van der Waals surface area contributed by atoms with Crippen molar-refractivity contribution in [1.29, 1.82) is 0 Å². The molecule has 0 aliphatic rings. The Bertz CT molecular complexity index is 1160. The van der Waals surface area contributed by atoms with E-state index in [-0.39, 0.29) is 0 Å². The minimum atomic E-state index is 0.778. The number of ether oxygens (including phenoxy) is 2. The molecule has 0 spiro atoms. The Labute approximate surface area is 175 Å². The Hall–Kier alpha value is -1.98. The number of halogens is 2. The normalized spacial score (nSPS) is 11.3. The van der Waals surface area contributed by atoms with Crippen LogP contribution < -0.4 is 9.47 Å². The molecular weight excluding hydrogens is 470 g/mol. The van der Waals surface area contributed by atoms with Crippen molar-refractivity contribution in [2.45, 2.75) is 13.5 Å². The van der Waals surface area contributed by atoms with Crippen LogP contribution in [0.4, 0.5) is 0 Å². The number of methoxy groups -OCH3 is 2. The van der Waals surface area contributed by atoms with E-state index in [9.17, 15) is 0 Å². The van der Waals surface area contributed by atoms with Crippen molar-refractivity contribution in [2.24, 2.45) is 0 Å². The lowest BCUT2D eigenvalue weighted by molar-refractivity contribution is 0.395. The average molecular weight is 489 g/mol. The molecule has 0 aliphatic carbocycles. The highest BCUT2D eigenvalue weighted by molar-refractivity contribution is 9.10. The second-order valence-electron chi connectivity index (χ2n) is 6.32. The predicted octanol–water partition coefficient (Wildman–Crippen LogP) is 7.02. The number of fused-ring (bicyclic) bond motifs is 3. The summed E-state index contributed by atoms with van der Waals surface area (Å²) in [6.45, 7) is 3.08. The van der Waals surface area contributed by atoms with E-state index in [0.717, 1.165) is 38.1 Å². The summed E-state index contributed by atoms with van der Waals surface area (Å²) in [5, 5.41) is 2.48. The van der Waals surface area contributed by atoms with Gasteiger partial charge >= 0.3 is 0 Å². The zero-order valence-electron chi connectivity index (χ0n) is 15.3. The van der Waals surface area contributed by atoms with Gasteiger partial charge in [-0.1, -0.05) is 31.9 Å². The zero-order valence-corrected chi connectivity index (χ0v) is 18.5. The first-order valence-electron chi connectivity index (χ1n) is 8.70. The van der Waals surface area contributed by atoms with Crippen molar-refractivity contribution < 1.29 is 9.47 Å². The van der Waals surface area contributed by atoms with Gasteiger partial charge in [-0.3, -0.25) is 0 Å². The van der Waals surface area contributed by atoms with E-state index in [1.54, 1.807) is 14.2 Å². The molecule has 138 valence electrons. The smallest absolute Gasteiger partial charge is 0.130 e. The van der Waals surface area contributed by atoms with Crippen molar-refractivity contribution in [2.75, 3.05) is 14.2 Å². The molecule has 27 heavy (non-hydrogen) atoms. The summed E-state index contributed by atoms with van der Waals surface area (Å²) in [6.07, 6.45) is 0. The summed E-state index contributed by atoms with van der Waals surface area (Å²) in [7, 11) is 3.35. The highest BCUT2D eigenvalue weighted by Crippen LogP contribution is 2.41. The maximum atomic E-state index is 5.63. The van der Waals surface area contributed by atoms with Gasteiger partial charge in [-0.15, -0.1) is 0 Å². The van der Waals surface area contributed by atoms with E-state index in [0.29, 0.717) is 0 Å². The molecule has 0 atom stereocenters. The molecule has 3 nitrogen and oxygen atoms in total. The topological polar surface area (TPSA) is 23.4 Å². The van der Waals surface area contributed by atoms with E-state index in [1.165, 1.54) is 21.8 Å². The minimum Gasteiger partial charge on any atom is -0.497 e. The van der Waals surface area contributed by atoms with E-state index >= 15 is 0 Å². The lowest BCUT2D eigenvalue weighted by Gasteiger charge is -2.13. The molecule has 0 aliphatic heterocycles. The maximum Gasteiger partial charge on any atom is 0.130 e. The predicted molar refractivity (Wildman–Crippen MR) is 119 cm³/mol. The van der Waals surface area contributed by atoms with Crippen LogP contribution >= 0.6 is 31.9 Å². The number of hydrogen-bond acceptors (Lipinski definition) is 2. The summed E-state index contributed by atoms with van der Waals surface area (Å²) in [5.74, 6) is 1.57. The van der Waals surface area contributed by atoms with E-state index in [2.05, 4.69) is 73.7 Å². The first-order valence-corrected chi connectivity index (χ1v) is 10.3. The summed E-state index contributed by atoms with van der Waals surface area (Å²) in [4.78, 5) is 0. The van der Waals surface area contributed by atoms with Gasteiger partial charge in [0.15, 0.2) is 0 Å². The molecule has 4 aromatic rings. The Morgan fingerprint density at radius 2 is 1.59 bits per heavy atom.